The van der Waals surface area contributed by atoms with Crippen LogP contribution < -0.4 is 10.1 Å². The number of piperidine rings is 1. The Balaban J connectivity index is 2.03. The number of carbonyl (C=O) groups is 2. The van der Waals surface area contributed by atoms with Gasteiger partial charge in [-0.05, 0) is 45.2 Å². The maximum atomic E-state index is 12.9. The smallest absolute Gasteiger partial charge is 0.259 e. The van der Waals surface area contributed by atoms with Crippen LogP contribution in [0.1, 0.15) is 56.8 Å². The largest absolute Gasteiger partial charge is 0.477 e. The first-order chi connectivity index (χ1) is 12.1. The van der Waals surface area contributed by atoms with Gasteiger partial charge in [0.25, 0.3) is 5.91 Å². The van der Waals surface area contributed by atoms with Crippen LogP contribution in [-0.2, 0) is 4.79 Å². The van der Waals surface area contributed by atoms with Crippen molar-refractivity contribution < 1.29 is 14.3 Å². The lowest BCUT2D eigenvalue weighted by atomic mass is 9.96. The number of rotatable bonds is 7. The van der Waals surface area contributed by atoms with Gasteiger partial charge in [-0.15, -0.1) is 0 Å². The highest BCUT2D eigenvalue weighted by Gasteiger charge is 2.30. The van der Waals surface area contributed by atoms with Crippen LogP contribution >= 0.6 is 0 Å². The summed E-state index contributed by atoms with van der Waals surface area (Å²) >= 11 is 0. The number of likely N-dealkylation sites (tertiary alicyclic amines) is 1. The molecule has 0 unspecified atom stereocenters. The monoisotopic (exact) mass is 347 g/mol. The van der Waals surface area contributed by atoms with Crippen LogP contribution in [0.15, 0.2) is 18.3 Å². The van der Waals surface area contributed by atoms with E-state index in [1.54, 1.807) is 23.2 Å². The van der Waals surface area contributed by atoms with Gasteiger partial charge >= 0.3 is 0 Å². The Morgan fingerprint density at radius 1 is 1.44 bits per heavy atom. The van der Waals surface area contributed by atoms with Gasteiger partial charge in [-0.2, -0.15) is 0 Å². The first kappa shape index (κ1) is 19.2. The molecule has 0 bridgehead atoms. The lowest BCUT2D eigenvalue weighted by Crippen LogP contribution is -2.47. The van der Waals surface area contributed by atoms with Crippen molar-refractivity contribution in [2.45, 2.75) is 52.5 Å². The van der Waals surface area contributed by atoms with E-state index < -0.39 is 0 Å². The zero-order valence-electron chi connectivity index (χ0n) is 15.5. The standard InChI is InChI=1S/C19H29N3O3/c1-4-8-14(3)21-17(23)15-9-7-12-22(13-15)19(24)16-10-6-11-20-18(16)25-5-2/h6,10-11,14-15H,4-5,7-9,12-13H2,1-3H3,(H,21,23)/t14-,15+/m0/s1. The average molecular weight is 347 g/mol. The zero-order valence-corrected chi connectivity index (χ0v) is 15.5. The van der Waals surface area contributed by atoms with Gasteiger partial charge in [-0.3, -0.25) is 9.59 Å². The molecule has 0 radical (unpaired) electrons. The van der Waals surface area contributed by atoms with Gasteiger partial charge in [0.05, 0.1) is 12.5 Å². The SMILES string of the molecule is CCC[C@H](C)NC(=O)[C@@H]1CCCN(C(=O)c2cccnc2OCC)C1. The van der Waals surface area contributed by atoms with E-state index in [0.717, 1.165) is 25.7 Å². The predicted octanol–water partition coefficient (Wildman–Crippen LogP) is 2.64. The lowest BCUT2D eigenvalue weighted by Gasteiger charge is -2.32. The third-order valence-electron chi connectivity index (χ3n) is 4.47. The molecule has 0 aliphatic carbocycles. The van der Waals surface area contributed by atoms with E-state index in [1.165, 1.54) is 0 Å². The number of nitrogens with one attached hydrogen (secondary N) is 1. The van der Waals surface area contributed by atoms with Crippen molar-refractivity contribution in [2.75, 3.05) is 19.7 Å². The van der Waals surface area contributed by atoms with Crippen molar-refractivity contribution in [3.63, 3.8) is 0 Å². The molecule has 2 rings (SSSR count). The molecule has 0 aromatic carbocycles. The topological polar surface area (TPSA) is 71.5 Å². The van der Waals surface area contributed by atoms with Crippen LogP contribution in [0.5, 0.6) is 5.88 Å². The van der Waals surface area contributed by atoms with Crippen molar-refractivity contribution in [3.8, 4) is 5.88 Å². The van der Waals surface area contributed by atoms with Crippen LogP contribution in [-0.4, -0.2) is 47.4 Å². The molecular formula is C19H29N3O3. The van der Waals surface area contributed by atoms with Crippen LogP contribution in [0, 0.1) is 5.92 Å². The van der Waals surface area contributed by atoms with Crippen molar-refractivity contribution in [1.82, 2.24) is 15.2 Å². The molecular weight excluding hydrogens is 318 g/mol. The Kier molecular flexibility index (Phi) is 7.22. The van der Waals surface area contributed by atoms with Crippen LogP contribution in [0.2, 0.25) is 0 Å². The summed E-state index contributed by atoms with van der Waals surface area (Å²) in [6.07, 6.45) is 5.27. The van der Waals surface area contributed by atoms with E-state index in [4.69, 9.17) is 4.74 Å². The highest BCUT2D eigenvalue weighted by molar-refractivity contribution is 5.96. The van der Waals surface area contributed by atoms with Gasteiger partial charge in [-0.1, -0.05) is 13.3 Å². The summed E-state index contributed by atoms with van der Waals surface area (Å²) in [5.74, 6) is 0.146. The van der Waals surface area contributed by atoms with Crippen LogP contribution in [0.25, 0.3) is 0 Å². The number of pyridine rings is 1. The molecule has 2 heterocycles. The average Bonchev–Trinajstić information content (AvgIpc) is 2.62. The molecule has 1 aliphatic rings. The summed E-state index contributed by atoms with van der Waals surface area (Å²) in [5, 5.41) is 3.07. The highest BCUT2D eigenvalue weighted by atomic mass is 16.5. The second-order valence-electron chi connectivity index (χ2n) is 6.58. The van der Waals surface area contributed by atoms with Crippen molar-refractivity contribution in [3.05, 3.63) is 23.9 Å². The summed E-state index contributed by atoms with van der Waals surface area (Å²) < 4.78 is 5.46. The molecule has 1 aromatic rings. The molecule has 1 N–H and O–H groups in total. The van der Waals surface area contributed by atoms with Crippen molar-refractivity contribution in [2.24, 2.45) is 5.92 Å². The molecule has 0 spiro atoms. The molecule has 1 saturated heterocycles. The fourth-order valence-electron chi connectivity index (χ4n) is 3.22. The molecule has 6 nitrogen and oxygen atoms in total. The summed E-state index contributed by atoms with van der Waals surface area (Å²) in [7, 11) is 0. The summed E-state index contributed by atoms with van der Waals surface area (Å²) in [6.45, 7) is 7.56. The molecule has 2 atom stereocenters. The minimum atomic E-state index is -0.149. The minimum Gasteiger partial charge on any atom is -0.477 e. The van der Waals surface area contributed by atoms with Crippen LogP contribution in [0.3, 0.4) is 0 Å². The van der Waals surface area contributed by atoms with Gasteiger partial charge in [0, 0.05) is 25.3 Å². The third-order valence-corrected chi connectivity index (χ3v) is 4.47. The first-order valence-corrected chi connectivity index (χ1v) is 9.24. The number of carbonyl (C=O) groups excluding carboxylic acids is 2. The molecule has 25 heavy (non-hydrogen) atoms. The zero-order chi connectivity index (χ0) is 18.2. The van der Waals surface area contributed by atoms with E-state index in [2.05, 4.69) is 17.2 Å². The van der Waals surface area contributed by atoms with Gasteiger partial charge in [0.2, 0.25) is 11.8 Å². The predicted molar refractivity (Wildman–Crippen MR) is 96.5 cm³/mol. The maximum absolute atomic E-state index is 12.9. The second kappa shape index (κ2) is 9.39. The van der Waals surface area contributed by atoms with Gasteiger partial charge < -0.3 is 15.0 Å². The number of aromatic nitrogens is 1. The van der Waals surface area contributed by atoms with Gasteiger partial charge in [-0.25, -0.2) is 4.98 Å². The Labute approximate surface area is 150 Å². The van der Waals surface area contributed by atoms with Gasteiger partial charge in [0.1, 0.15) is 5.56 Å². The Hall–Kier alpha value is -2.11. The highest BCUT2D eigenvalue weighted by Crippen LogP contribution is 2.22. The van der Waals surface area contributed by atoms with Gasteiger partial charge in [0.15, 0.2) is 0 Å². The molecule has 0 saturated carbocycles. The lowest BCUT2D eigenvalue weighted by molar-refractivity contribution is -0.127. The summed E-state index contributed by atoms with van der Waals surface area (Å²) in [4.78, 5) is 31.2. The molecule has 1 aliphatic heterocycles. The third kappa shape index (κ3) is 5.18. The fraction of sp³-hybridized carbons (Fsp3) is 0.632. The number of amides is 2. The number of nitrogens with zero attached hydrogens (tertiary/aromatic N) is 2. The van der Waals surface area contributed by atoms with E-state index in [9.17, 15) is 9.59 Å². The summed E-state index contributed by atoms with van der Waals surface area (Å²) in [5.41, 5.74) is 0.463. The maximum Gasteiger partial charge on any atom is 0.259 e. The molecule has 6 heteroatoms. The Bertz CT molecular complexity index is 591. The van der Waals surface area contributed by atoms with E-state index in [-0.39, 0.29) is 23.8 Å². The fourth-order valence-corrected chi connectivity index (χ4v) is 3.22. The van der Waals surface area contributed by atoms with Crippen LogP contribution in [0.4, 0.5) is 0 Å². The molecule has 2 amide bonds. The minimum absolute atomic E-state index is 0.0506. The molecule has 138 valence electrons. The quantitative estimate of drug-likeness (QED) is 0.823. The Morgan fingerprint density at radius 2 is 2.24 bits per heavy atom. The number of hydrogen-bond acceptors (Lipinski definition) is 4. The van der Waals surface area contributed by atoms with E-state index in [0.29, 0.717) is 31.1 Å². The second-order valence-corrected chi connectivity index (χ2v) is 6.58. The molecule has 1 aromatic heterocycles. The summed E-state index contributed by atoms with van der Waals surface area (Å²) in [6, 6.07) is 3.63. The van der Waals surface area contributed by atoms with E-state index >= 15 is 0 Å². The Morgan fingerprint density at radius 3 is 2.96 bits per heavy atom. The van der Waals surface area contributed by atoms with E-state index in [1.807, 2.05) is 13.8 Å². The first-order valence-electron chi connectivity index (χ1n) is 9.24. The number of ether oxygens (including phenoxy) is 1. The number of hydrogen-bond donors (Lipinski definition) is 1. The normalized spacial score (nSPS) is 18.5. The van der Waals surface area contributed by atoms with Crippen molar-refractivity contribution >= 4 is 11.8 Å². The molecule has 1 fully saturated rings. The van der Waals surface area contributed by atoms with Crippen molar-refractivity contribution in [1.29, 1.82) is 0 Å².